The number of hydrogen-bond donors (Lipinski definition) is 0. The fourth-order valence-electron chi connectivity index (χ4n) is 3.00. The van der Waals surface area contributed by atoms with Gasteiger partial charge in [-0.1, -0.05) is 0 Å². The summed E-state index contributed by atoms with van der Waals surface area (Å²) in [5.41, 5.74) is 1.18. The molecule has 1 aromatic heterocycles. The van der Waals surface area contributed by atoms with Crippen LogP contribution in [0.4, 0.5) is 4.79 Å². The molecule has 1 saturated heterocycles. The number of likely N-dealkylation sites (tertiary alicyclic amines) is 1. The molecule has 0 unspecified atom stereocenters. The van der Waals surface area contributed by atoms with Crippen molar-refractivity contribution in [2.45, 2.75) is 24.9 Å². The number of nitrogens with zero attached hydrogens (tertiary/aromatic N) is 5. The van der Waals surface area contributed by atoms with E-state index >= 15 is 0 Å². The van der Waals surface area contributed by atoms with E-state index in [9.17, 15) is 4.79 Å². The molecule has 2 amide bonds. The number of urea groups is 1. The lowest BCUT2D eigenvalue weighted by atomic mass is 10.0. The third-order valence-electron chi connectivity index (χ3n) is 4.01. The van der Waals surface area contributed by atoms with Crippen LogP contribution >= 0.6 is 0 Å². The van der Waals surface area contributed by atoms with Gasteiger partial charge in [-0.3, -0.25) is 4.68 Å². The summed E-state index contributed by atoms with van der Waals surface area (Å²) in [6, 6.07) is 0.714. The van der Waals surface area contributed by atoms with Crippen LogP contribution in [0.5, 0.6) is 0 Å². The van der Waals surface area contributed by atoms with Crippen molar-refractivity contribution in [3.05, 3.63) is 18.0 Å². The molecule has 1 aliphatic rings. The number of likely N-dealkylation sites (N-methyl/N-ethyl adjacent to an activating group) is 1. The van der Waals surface area contributed by atoms with Gasteiger partial charge in [-0.05, 0) is 32.5 Å². The van der Waals surface area contributed by atoms with Gasteiger partial charge in [0.25, 0.3) is 0 Å². The van der Waals surface area contributed by atoms with Gasteiger partial charge in [0.05, 0.1) is 12.2 Å². The largest absolute Gasteiger partial charge is 0.331 e. The number of carbonyl (C=O) groups is 1. The van der Waals surface area contributed by atoms with E-state index in [4.69, 9.17) is 0 Å². The molecule has 0 N–H and O–H groups in total. The molecule has 0 radical (unpaired) electrons. The maximum atomic E-state index is 12.3. The van der Waals surface area contributed by atoms with Gasteiger partial charge in [0, 0.05) is 39.9 Å². The van der Waals surface area contributed by atoms with Gasteiger partial charge >= 0.3 is 6.03 Å². The molecule has 0 aliphatic carbocycles. The molecule has 0 bridgehead atoms. The Morgan fingerprint density at radius 3 is 2.60 bits per heavy atom. The Labute approximate surface area is 120 Å². The highest BCUT2D eigenvalue weighted by Gasteiger charge is 2.38. The first-order valence-corrected chi connectivity index (χ1v) is 7.02. The first kappa shape index (κ1) is 14.8. The van der Waals surface area contributed by atoms with Gasteiger partial charge in [0.1, 0.15) is 0 Å². The van der Waals surface area contributed by atoms with Crippen molar-refractivity contribution in [3.8, 4) is 0 Å². The van der Waals surface area contributed by atoms with Crippen LogP contribution in [0.15, 0.2) is 12.4 Å². The smallest absolute Gasteiger partial charge is 0.319 e. The van der Waals surface area contributed by atoms with Crippen molar-refractivity contribution < 1.29 is 4.79 Å². The van der Waals surface area contributed by atoms with Crippen molar-refractivity contribution in [1.82, 2.24) is 24.5 Å². The minimum absolute atomic E-state index is 0.100. The zero-order chi connectivity index (χ0) is 14.9. The molecule has 6 nitrogen and oxygen atoms in total. The second-order valence-corrected chi connectivity index (χ2v) is 5.98. The Bertz CT molecular complexity index is 468. The van der Waals surface area contributed by atoms with Crippen LogP contribution in [-0.2, 0) is 13.5 Å². The summed E-state index contributed by atoms with van der Waals surface area (Å²) >= 11 is 0. The van der Waals surface area contributed by atoms with Crippen LogP contribution in [0.2, 0.25) is 0 Å². The standard InChI is InChI=1S/C14H25N5O/c1-16(2)12-6-7-19(14(20)17(3)4)13(12)8-11-9-15-18(5)10-11/h9-10,12-13H,6-8H2,1-5H3/t12-,13+/m1/s1. The maximum absolute atomic E-state index is 12.3. The van der Waals surface area contributed by atoms with Crippen LogP contribution in [0.25, 0.3) is 0 Å². The molecule has 0 spiro atoms. The van der Waals surface area contributed by atoms with E-state index in [1.807, 2.05) is 43.1 Å². The van der Waals surface area contributed by atoms with Gasteiger partial charge in [-0.15, -0.1) is 0 Å². The molecular weight excluding hydrogens is 254 g/mol. The lowest BCUT2D eigenvalue weighted by Gasteiger charge is -2.32. The summed E-state index contributed by atoms with van der Waals surface area (Å²) in [5, 5.41) is 4.22. The molecule has 6 heteroatoms. The number of aromatic nitrogens is 2. The lowest BCUT2D eigenvalue weighted by Crippen LogP contribution is -2.48. The molecule has 0 aromatic carbocycles. The van der Waals surface area contributed by atoms with Gasteiger partial charge in [-0.25, -0.2) is 4.79 Å². The Hall–Kier alpha value is -1.56. The van der Waals surface area contributed by atoms with E-state index in [1.54, 1.807) is 4.90 Å². The molecule has 0 saturated carbocycles. The molecule has 112 valence electrons. The number of rotatable bonds is 3. The fraction of sp³-hybridized carbons (Fsp3) is 0.714. The summed E-state index contributed by atoms with van der Waals surface area (Å²) in [5.74, 6) is 0. The minimum atomic E-state index is 0.100. The minimum Gasteiger partial charge on any atom is -0.331 e. The van der Waals surface area contributed by atoms with Gasteiger partial charge in [0.2, 0.25) is 0 Å². The van der Waals surface area contributed by atoms with E-state index in [1.165, 1.54) is 5.56 Å². The third-order valence-corrected chi connectivity index (χ3v) is 4.01. The van der Waals surface area contributed by atoms with Gasteiger partial charge in [-0.2, -0.15) is 5.10 Å². The quantitative estimate of drug-likeness (QED) is 0.816. The normalized spacial score (nSPS) is 22.6. The van der Waals surface area contributed by atoms with Gasteiger partial charge < -0.3 is 14.7 Å². The number of carbonyl (C=O) groups excluding carboxylic acids is 1. The SMILES string of the molecule is CN(C)C(=O)N1CC[C@@H](N(C)C)[C@@H]1Cc1cnn(C)c1. The predicted octanol–water partition coefficient (Wildman–Crippen LogP) is 0.649. The topological polar surface area (TPSA) is 44.6 Å². The highest BCUT2D eigenvalue weighted by atomic mass is 16.2. The van der Waals surface area contributed by atoms with Crippen molar-refractivity contribution in [2.24, 2.45) is 7.05 Å². The molecule has 1 aliphatic heterocycles. The second kappa shape index (κ2) is 5.83. The Kier molecular flexibility index (Phi) is 4.32. The predicted molar refractivity (Wildman–Crippen MR) is 78.6 cm³/mol. The lowest BCUT2D eigenvalue weighted by molar-refractivity contribution is 0.150. The third kappa shape index (κ3) is 2.95. The van der Waals surface area contributed by atoms with Crippen molar-refractivity contribution in [3.63, 3.8) is 0 Å². The summed E-state index contributed by atoms with van der Waals surface area (Å²) < 4.78 is 1.81. The van der Waals surface area contributed by atoms with Crippen LogP contribution in [-0.4, -0.2) is 77.3 Å². The van der Waals surface area contributed by atoms with E-state index in [0.29, 0.717) is 6.04 Å². The van der Waals surface area contributed by atoms with Crippen LogP contribution in [0.3, 0.4) is 0 Å². The van der Waals surface area contributed by atoms with Crippen LogP contribution in [0.1, 0.15) is 12.0 Å². The monoisotopic (exact) mass is 279 g/mol. The molecule has 2 atom stereocenters. The van der Waals surface area contributed by atoms with E-state index < -0.39 is 0 Å². The number of aryl methyl sites for hydroxylation is 1. The summed E-state index contributed by atoms with van der Waals surface area (Å²) in [4.78, 5) is 18.2. The van der Waals surface area contributed by atoms with Crippen molar-refractivity contribution >= 4 is 6.03 Å². The van der Waals surface area contributed by atoms with E-state index in [2.05, 4.69) is 24.1 Å². The number of amides is 2. The molecule has 1 aromatic rings. The zero-order valence-electron chi connectivity index (χ0n) is 13.1. The summed E-state index contributed by atoms with van der Waals surface area (Å²) in [6.07, 6.45) is 5.81. The molecule has 2 rings (SSSR count). The summed E-state index contributed by atoms with van der Waals surface area (Å²) in [6.45, 7) is 0.824. The van der Waals surface area contributed by atoms with Crippen LogP contribution in [0, 0.1) is 0 Å². The molecule has 1 fully saturated rings. The second-order valence-electron chi connectivity index (χ2n) is 5.98. The van der Waals surface area contributed by atoms with Gasteiger partial charge in [0.15, 0.2) is 0 Å². The van der Waals surface area contributed by atoms with E-state index in [-0.39, 0.29) is 12.1 Å². The first-order valence-electron chi connectivity index (χ1n) is 7.02. The van der Waals surface area contributed by atoms with E-state index in [0.717, 1.165) is 19.4 Å². The highest BCUT2D eigenvalue weighted by molar-refractivity contribution is 5.74. The zero-order valence-corrected chi connectivity index (χ0v) is 13.1. The van der Waals surface area contributed by atoms with Crippen LogP contribution < -0.4 is 0 Å². The molecule has 2 heterocycles. The Morgan fingerprint density at radius 2 is 2.10 bits per heavy atom. The maximum Gasteiger partial charge on any atom is 0.319 e. The average Bonchev–Trinajstić information content (AvgIpc) is 2.95. The highest BCUT2D eigenvalue weighted by Crippen LogP contribution is 2.25. The van der Waals surface area contributed by atoms with Crippen molar-refractivity contribution in [2.75, 3.05) is 34.7 Å². The molecular formula is C14H25N5O. The first-order chi connectivity index (χ1) is 9.40. The fourth-order valence-corrected chi connectivity index (χ4v) is 3.00. The Balaban J connectivity index is 2.18. The number of hydrogen-bond acceptors (Lipinski definition) is 3. The molecule has 20 heavy (non-hydrogen) atoms. The van der Waals surface area contributed by atoms with Crippen molar-refractivity contribution in [1.29, 1.82) is 0 Å². The summed E-state index contributed by atoms with van der Waals surface area (Å²) in [7, 11) is 9.72. The Morgan fingerprint density at radius 1 is 1.40 bits per heavy atom. The average molecular weight is 279 g/mol.